The van der Waals surface area contributed by atoms with Gasteiger partial charge in [-0.15, -0.1) is 0 Å². The number of nitrogens with one attached hydrogen (secondary N) is 1. The molecule has 0 unspecified atom stereocenters. The van der Waals surface area contributed by atoms with Crippen molar-refractivity contribution in [3.63, 3.8) is 0 Å². The topological polar surface area (TPSA) is 72.8 Å². The molecule has 3 heterocycles. The minimum Gasteiger partial charge on any atom is -0.424 e. The van der Waals surface area contributed by atoms with E-state index in [9.17, 15) is 4.79 Å². The molecule has 1 N–H and O–H groups in total. The maximum absolute atomic E-state index is 12.0. The number of H-pyrrole nitrogens is 1. The average molecular weight is 298 g/mol. The molecule has 3 rings (SSSR count). The monoisotopic (exact) mass is 298 g/mol. The fourth-order valence-corrected chi connectivity index (χ4v) is 2.45. The molecule has 3 aromatic heterocycles. The highest BCUT2D eigenvalue weighted by Crippen LogP contribution is 2.24. The van der Waals surface area contributed by atoms with Crippen molar-refractivity contribution in [1.29, 1.82) is 0 Å². The van der Waals surface area contributed by atoms with Gasteiger partial charge in [0.2, 0.25) is 0 Å². The van der Waals surface area contributed by atoms with Crippen molar-refractivity contribution in [3.8, 4) is 11.8 Å². The summed E-state index contributed by atoms with van der Waals surface area (Å²) < 4.78 is 7.87. The lowest BCUT2D eigenvalue weighted by Crippen LogP contribution is -2.09. The second-order valence-corrected chi connectivity index (χ2v) is 5.39. The van der Waals surface area contributed by atoms with Crippen LogP contribution >= 0.6 is 0 Å². The Labute approximate surface area is 127 Å². The first-order valence-electron chi connectivity index (χ1n) is 7.31. The highest BCUT2D eigenvalue weighted by Gasteiger charge is 2.11. The molecule has 6 nitrogen and oxygen atoms in total. The Balaban J connectivity index is 1.98. The normalized spacial score (nSPS) is 11.3. The maximum Gasteiger partial charge on any atom is 0.302 e. The number of pyridine rings is 1. The Kier molecular flexibility index (Phi) is 3.66. The van der Waals surface area contributed by atoms with Crippen molar-refractivity contribution in [2.45, 2.75) is 33.2 Å². The number of nitrogens with zero attached hydrogens (tertiary/aromatic N) is 3. The molecule has 6 heteroatoms. The van der Waals surface area contributed by atoms with Crippen LogP contribution in [-0.2, 0) is 6.42 Å². The Morgan fingerprint density at radius 2 is 2.23 bits per heavy atom. The molecule has 114 valence electrons. The summed E-state index contributed by atoms with van der Waals surface area (Å²) in [5.41, 5.74) is 1.46. The van der Waals surface area contributed by atoms with Gasteiger partial charge in [0.1, 0.15) is 5.75 Å². The van der Waals surface area contributed by atoms with Crippen molar-refractivity contribution in [2.24, 2.45) is 0 Å². The summed E-state index contributed by atoms with van der Waals surface area (Å²) >= 11 is 0. The fourth-order valence-electron chi connectivity index (χ4n) is 2.45. The summed E-state index contributed by atoms with van der Waals surface area (Å²) in [7, 11) is 0. The van der Waals surface area contributed by atoms with Gasteiger partial charge in [-0.2, -0.15) is 4.98 Å². The molecule has 0 radical (unpaired) electrons. The summed E-state index contributed by atoms with van der Waals surface area (Å²) in [6.07, 6.45) is 5.95. The minimum atomic E-state index is -0.235. The van der Waals surface area contributed by atoms with Crippen molar-refractivity contribution >= 4 is 10.9 Å². The second-order valence-electron chi connectivity index (χ2n) is 5.39. The van der Waals surface area contributed by atoms with Crippen molar-refractivity contribution in [2.75, 3.05) is 0 Å². The zero-order valence-corrected chi connectivity index (χ0v) is 12.8. The average Bonchev–Trinajstić information content (AvgIpc) is 2.90. The smallest absolute Gasteiger partial charge is 0.302 e. The minimum absolute atomic E-state index is 0.175. The quantitative estimate of drug-likeness (QED) is 0.803. The molecule has 0 fully saturated rings. The molecule has 0 amide bonds. The first-order chi connectivity index (χ1) is 10.6. The van der Waals surface area contributed by atoms with Gasteiger partial charge in [-0.05, 0) is 26.3 Å². The number of fused-ring (bicyclic) bond motifs is 1. The van der Waals surface area contributed by atoms with E-state index in [1.54, 1.807) is 18.5 Å². The van der Waals surface area contributed by atoms with E-state index in [0.29, 0.717) is 22.7 Å². The first kappa shape index (κ1) is 14.3. The second kappa shape index (κ2) is 5.63. The van der Waals surface area contributed by atoms with Gasteiger partial charge in [0, 0.05) is 30.2 Å². The molecule has 0 bridgehead atoms. The van der Waals surface area contributed by atoms with Gasteiger partial charge in [0.25, 0.3) is 5.56 Å². The molecule has 22 heavy (non-hydrogen) atoms. The van der Waals surface area contributed by atoms with Crippen LogP contribution in [0.1, 0.15) is 32.5 Å². The van der Waals surface area contributed by atoms with E-state index in [-0.39, 0.29) is 11.6 Å². The van der Waals surface area contributed by atoms with E-state index in [2.05, 4.69) is 40.3 Å². The van der Waals surface area contributed by atoms with Crippen LogP contribution in [0.15, 0.2) is 35.5 Å². The molecular formula is C16H18N4O2. The summed E-state index contributed by atoms with van der Waals surface area (Å²) in [6, 6.07) is 4.12. The molecule has 0 aliphatic rings. The SMILES string of the molecule is CCc1cc(Oc2nc3cnccc3c(=O)[nH]2)cn1C(C)C. The summed E-state index contributed by atoms with van der Waals surface area (Å²) in [5, 5.41) is 0.497. The molecule has 0 saturated heterocycles. The van der Waals surface area contributed by atoms with Gasteiger partial charge >= 0.3 is 6.01 Å². The number of aryl methyl sites for hydroxylation is 1. The lowest BCUT2D eigenvalue weighted by molar-refractivity contribution is 0.440. The predicted molar refractivity (Wildman–Crippen MR) is 84.4 cm³/mol. The largest absolute Gasteiger partial charge is 0.424 e. The van der Waals surface area contributed by atoms with E-state index in [4.69, 9.17) is 4.74 Å². The van der Waals surface area contributed by atoms with Crippen LogP contribution in [0.25, 0.3) is 10.9 Å². The van der Waals surface area contributed by atoms with E-state index in [1.807, 2.05) is 12.3 Å². The standard InChI is InChI=1S/C16H18N4O2/c1-4-11-7-12(9-20(11)10(2)3)22-16-18-14-8-17-6-5-13(14)15(21)19-16/h5-10H,4H2,1-3H3,(H,18,19,21). The molecule has 0 aliphatic carbocycles. The van der Waals surface area contributed by atoms with Crippen LogP contribution in [0.5, 0.6) is 11.8 Å². The highest BCUT2D eigenvalue weighted by atomic mass is 16.5. The lowest BCUT2D eigenvalue weighted by Gasteiger charge is -2.10. The van der Waals surface area contributed by atoms with Gasteiger partial charge in [-0.1, -0.05) is 6.92 Å². The Morgan fingerprint density at radius 3 is 2.91 bits per heavy atom. The maximum atomic E-state index is 12.0. The summed E-state index contributed by atoms with van der Waals surface area (Å²) in [5.74, 6) is 0.664. The third-order valence-electron chi connectivity index (χ3n) is 3.53. The number of aromatic amines is 1. The van der Waals surface area contributed by atoms with Gasteiger partial charge in [0.05, 0.1) is 17.1 Å². The van der Waals surface area contributed by atoms with Crippen LogP contribution in [0.2, 0.25) is 0 Å². The van der Waals surface area contributed by atoms with Gasteiger partial charge < -0.3 is 9.30 Å². The molecule has 0 spiro atoms. The zero-order valence-electron chi connectivity index (χ0n) is 12.8. The lowest BCUT2D eigenvalue weighted by atomic mass is 10.3. The van der Waals surface area contributed by atoms with E-state index in [0.717, 1.165) is 6.42 Å². The molecule has 0 atom stereocenters. The van der Waals surface area contributed by atoms with Crippen molar-refractivity contribution in [1.82, 2.24) is 19.5 Å². The third kappa shape index (κ3) is 2.59. The van der Waals surface area contributed by atoms with Crippen LogP contribution < -0.4 is 10.3 Å². The number of aromatic nitrogens is 4. The third-order valence-corrected chi connectivity index (χ3v) is 3.53. The van der Waals surface area contributed by atoms with E-state index >= 15 is 0 Å². The van der Waals surface area contributed by atoms with Crippen LogP contribution in [0.3, 0.4) is 0 Å². The summed E-state index contributed by atoms with van der Waals surface area (Å²) in [6.45, 7) is 6.33. The Morgan fingerprint density at radius 1 is 1.41 bits per heavy atom. The van der Waals surface area contributed by atoms with Crippen LogP contribution in [-0.4, -0.2) is 19.5 Å². The fraction of sp³-hybridized carbons (Fsp3) is 0.312. The molecule has 3 aromatic rings. The van der Waals surface area contributed by atoms with Crippen molar-refractivity contribution < 1.29 is 4.74 Å². The molecule has 0 aromatic carbocycles. The number of rotatable bonds is 4. The molecule has 0 saturated carbocycles. The summed E-state index contributed by atoms with van der Waals surface area (Å²) in [4.78, 5) is 22.9. The predicted octanol–water partition coefficient (Wildman–Crippen LogP) is 3.06. The van der Waals surface area contributed by atoms with Crippen LogP contribution in [0, 0.1) is 0 Å². The van der Waals surface area contributed by atoms with Gasteiger partial charge in [-0.3, -0.25) is 14.8 Å². The zero-order chi connectivity index (χ0) is 15.7. The molecule has 0 aliphatic heterocycles. The number of hydrogen-bond donors (Lipinski definition) is 1. The van der Waals surface area contributed by atoms with E-state index < -0.39 is 0 Å². The van der Waals surface area contributed by atoms with Gasteiger partial charge in [-0.25, -0.2) is 0 Å². The van der Waals surface area contributed by atoms with Crippen molar-refractivity contribution in [3.05, 3.63) is 46.8 Å². The number of ether oxygens (including phenoxy) is 1. The van der Waals surface area contributed by atoms with E-state index in [1.165, 1.54) is 5.69 Å². The van der Waals surface area contributed by atoms with Gasteiger partial charge in [0.15, 0.2) is 0 Å². The van der Waals surface area contributed by atoms with Crippen LogP contribution in [0.4, 0.5) is 0 Å². The number of hydrogen-bond acceptors (Lipinski definition) is 4. The Bertz CT molecular complexity index is 864. The highest BCUT2D eigenvalue weighted by molar-refractivity contribution is 5.76. The first-order valence-corrected chi connectivity index (χ1v) is 7.31. The Hall–Kier alpha value is -2.63. The molecular weight excluding hydrogens is 280 g/mol.